The molecule has 1 aliphatic heterocycles. The summed E-state index contributed by atoms with van der Waals surface area (Å²) in [5.41, 5.74) is 2.68. The van der Waals surface area contributed by atoms with Crippen molar-refractivity contribution in [1.29, 1.82) is 0 Å². The zero-order chi connectivity index (χ0) is 25.2. The van der Waals surface area contributed by atoms with Gasteiger partial charge in [-0.05, 0) is 105 Å². The fourth-order valence-corrected chi connectivity index (χ4v) is 6.24. The number of rotatable bonds is 8. The number of benzene rings is 3. The van der Waals surface area contributed by atoms with E-state index in [0.29, 0.717) is 27.0 Å². The Morgan fingerprint density at radius 3 is 2.67 bits per heavy atom. The molecule has 4 aromatic rings. The third-order valence-electron chi connectivity index (χ3n) is 6.86. The van der Waals surface area contributed by atoms with Crippen molar-refractivity contribution in [2.45, 2.75) is 33.1 Å². The fraction of sp³-hybridized carbons (Fsp3) is 0.300. The number of thiophene rings is 1. The molecule has 0 spiro atoms. The van der Waals surface area contributed by atoms with Crippen LogP contribution in [0.3, 0.4) is 0 Å². The number of carbonyl (C=O) groups excluding carboxylic acids is 1. The molecule has 3 aromatic carbocycles. The Morgan fingerprint density at radius 2 is 1.94 bits per heavy atom. The smallest absolute Gasteiger partial charge is 0.207 e. The lowest BCUT2D eigenvalue weighted by Gasteiger charge is -2.15. The average Bonchev–Trinajstić information content (AvgIpc) is 3.42. The van der Waals surface area contributed by atoms with Gasteiger partial charge >= 0.3 is 0 Å². The Labute approximate surface area is 221 Å². The molecule has 2 heterocycles. The zero-order valence-corrected chi connectivity index (χ0v) is 22.2. The molecule has 4 nitrogen and oxygen atoms in total. The predicted octanol–water partition coefficient (Wildman–Crippen LogP) is 7.87. The van der Waals surface area contributed by atoms with E-state index in [2.05, 4.69) is 24.0 Å². The maximum atomic E-state index is 13.6. The number of hydrogen-bond acceptors (Lipinski definition) is 5. The van der Waals surface area contributed by atoms with E-state index in [-0.39, 0.29) is 11.5 Å². The highest BCUT2D eigenvalue weighted by Gasteiger charge is 2.23. The summed E-state index contributed by atoms with van der Waals surface area (Å²) in [4.78, 5) is 16.6. The van der Waals surface area contributed by atoms with Crippen LogP contribution in [0.1, 0.15) is 46.1 Å². The van der Waals surface area contributed by atoms with Crippen LogP contribution in [0.5, 0.6) is 17.2 Å². The van der Waals surface area contributed by atoms with Crippen molar-refractivity contribution in [3.8, 4) is 17.2 Å². The Kier molecular flexibility index (Phi) is 7.33. The quantitative estimate of drug-likeness (QED) is 0.241. The predicted molar refractivity (Wildman–Crippen MR) is 148 cm³/mol. The Hall–Kier alpha value is -2.86. The van der Waals surface area contributed by atoms with Crippen molar-refractivity contribution >= 4 is 38.8 Å². The van der Waals surface area contributed by atoms with Gasteiger partial charge in [0.2, 0.25) is 5.78 Å². The molecule has 1 aliphatic rings. The highest BCUT2D eigenvalue weighted by molar-refractivity contribution is 7.21. The molecular formula is C30H30ClNO3S. The van der Waals surface area contributed by atoms with Crippen LogP contribution in [0.2, 0.25) is 5.02 Å². The van der Waals surface area contributed by atoms with Gasteiger partial charge in [-0.3, -0.25) is 4.79 Å². The molecule has 0 unspecified atom stereocenters. The molecule has 1 aromatic heterocycles. The van der Waals surface area contributed by atoms with Crippen LogP contribution in [-0.4, -0.2) is 35.4 Å². The van der Waals surface area contributed by atoms with Gasteiger partial charge in [0.15, 0.2) is 5.75 Å². The number of likely N-dealkylation sites (tertiary alicyclic amines) is 1. The first kappa shape index (κ1) is 24.8. The first-order valence-electron chi connectivity index (χ1n) is 12.4. The molecule has 36 heavy (non-hydrogen) atoms. The molecule has 5 rings (SSSR count). The molecule has 1 saturated heterocycles. The number of carbonyl (C=O) groups is 1. The van der Waals surface area contributed by atoms with Gasteiger partial charge in [-0.15, -0.1) is 11.3 Å². The summed E-state index contributed by atoms with van der Waals surface area (Å²) in [6, 6.07) is 18.5. The minimum Gasteiger partial charge on any atom is -0.508 e. The van der Waals surface area contributed by atoms with Gasteiger partial charge in [-0.2, -0.15) is 0 Å². The van der Waals surface area contributed by atoms with Gasteiger partial charge < -0.3 is 14.7 Å². The second kappa shape index (κ2) is 10.6. The van der Waals surface area contributed by atoms with E-state index >= 15 is 0 Å². The number of ether oxygens (including phenoxy) is 1. The van der Waals surface area contributed by atoms with E-state index in [1.165, 1.54) is 36.4 Å². The normalized spacial score (nSPS) is 16.0. The third-order valence-corrected chi connectivity index (χ3v) is 8.23. The molecule has 186 valence electrons. The van der Waals surface area contributed by atoms with Crippen LogP contribution < -0.4 is 4.74 Å². The highest BCUT2D eigenvalue weighted by atomic mass is 35.5. The lowest BCUT2D eigenvalue weighted by molar-refractivity contribution is 0.104. The molecule has 1 fully saturated rings. The third kappa shape index (κ3) is 5.44. The molecule has 6 heteroatoms. The molecule has 0 saturated carbocycles. The summed E-state index contributed by atoms with van der Waals surface area (Å²) < 4.78 is 7.13. The number of aryl methyl sites for hydroxylation is 2. The van der Waals surface area contributed by atoms with Gasteiger partial charge in [0.1, 0.15) is 16.4 Å². The number of hydrogen-bond donors (Lipinski definition) is 1. The van der Waals surface area contributed by atoms with Crippen molar-refractivity contribution in [2.75, 3.05) is 19.6 Å². The SMILES string of the molecule is Cc1cc(Cl)ccc1C(=O)c1sc2cc(O)ccc2c1Oc1ccc(CCCN2CC[C@H](C)C2)cc1. The number of fused-ring (bicyclic) bond motifs is 1. The van der Waals surface area contributed by atoms with Crippen molar-refractivity contribution < 1.29 is 14.6 Å². The maximum Gasteiger partial charge on any atom is 0.207 e. The van der Waals surface area contributed by atoms with E-state index in [4.69, 9.17) is 16.3 Å². The fourth-order valence-electron chi connectivity index (χ4n) is 4.89. The van der Waals surface area contributed by atoms with Gasteiger partial charge in [0, 0.05) is 27.2 Å². The van der Waals surface area contributed by atoms with Crippen molar-refractivity contribution in [3.63, 3.8) is 0 Å². The molecular weight excluding hydrogens is 490 g/mol. The first-order chi connectivity index (χ1) is 17.4. The molecule has 1 N–H and O–H groups in total. The Balaban J connectivity index is 1.37. The zero-order valence-electron chi connectivity index (χ0n) is 20.6. The monoisotopic (exact) mass is 519 g/mol. The standard InChI is InChI=1S/C30H30ClNO3S/c1-19-13-15-32(18-19)14-3-4-21-5-9-24(10-6-21)35-29-26-12-8-23(33)17-27(26)36-30(29)28(34)25-11-7-22(31)16-20(25)2/h5-12,16-17,19,33H,3-4,13-15,18H2,1-2H3/t19-/m0/s1. The van der Waals surface area contributed by atoms with Crippen LogP contribution in [0, 0.1) is 12.8 Å². The largest absolute Gasteiger partial charge is 0.508 e. The maximum absolute atomic E-state index is 13.6. The van der Waals surface area contributed by atoms with Crippen LogP contribution >= 0.6 is 22.9 Å². The Morgan fingerprint density at radius 1 is 1.14 bits per heavy atom. The average molecular weight is 520 g/mol. The summed E-state index contributed by atoms with van der Waals surface area (Å²) in [6.45, 7) is 7.79. The number of ketones is 1. The van der Waals surface area contributed by atoms with E-state index < -0.39 is 0 Å². The highest BCUT2D eigenvalue weighted by Crippen LogP contribution is 2.43. The lowest BCUT2D eigenvalue weighted by Crippen LogP contribution is -2.21. The van der Waals surface area contributed by atoms with Crippen LogP contribution in [0.15, 0.2) is 60.7 Å². The number of nitrogens with zero attached hydrogens (tertiary/aromatic N) is 1. The summed E-state index contributed by atoms with van der Waals surface area (Å²) in [5.74, 6) is 2.06. The van der Waals surface area contributed by atoms with Crippen LogP contribution in [0.4, 0.5) is 0 Å². The van der Waals surface area contributed by atoms with Crippen molar-refractivity contribution in [3.05, 3.63) is 87.3 Å². The molecule has 0 aliphatic carbocycles. The number of phenolic OH excluding ortho intramolecular Hbond substituents is 1. The van der Waals surface area contributed by atoms with E-state index in [1.807, 2.05) is 19.1 Å². The van der Waals surface area contributed by atoms with Gasteiger partial charge in [0.05, 0.1) is 0 Å². The summed E-state index contributed by atoms with van der Waals surface area (Å²) in [7, 11) is 0. The van der Waals surface area contributed by atoms with E-state index in [0.717, 1.165) is 41.0 Å². The molecule has 1 atom stereocenters. The van der Waals surface area contributed by atoms with Crippen molar-refractivity contribution in [2.24, 2.45) is 5.92 Å². The van der Waals surface area contributed by atoms with Crippen molar-refractivity contribution in [1.82, 2.24) is 4.90 Å². The summed E-state index contributed by atoms with van der Waals surface area (Å²) in [6.07, 6.45) is 3.49. The van der Waals surface area contributed by atoms with Crippen LogP contribution in [-0.2, 0) is 6.42 Å². The topological polar surface area (TPSA) is 49.8 Å². The van der Waals surface area contributed by atoms with Gasteiger partial charge in [0.25, 0.3) is 0 Å². The second-order valence-electron chi connectivity index (χ2n) is 9.77. The number of phenols is 1. The lowest BCUT2D eigenvalue weighted by atomic mass is 10.0. The number of halogens is 1. The molecule has 0 bridgehead atoms. The van der Waals surface area contributed by atoms with E-state index in [1.54, 1.807) is 36.4 Å². The minimum atomic E-state index is -0.118. The minimum absolute atomic E-state index is 0.118. The van der Waals surface area contributed by atoms with Crippen LogP contribution in [0.25, 0.3) is 10.1 Å². The summed E-state index contributed by atoms with van der Waals surface area (Å²) >= 11 is 7.43. The second-order valence-corrected chi connectivity index (χ2v) is 11.3. The van der Waals surface area contributed by atoms with Gasteiger partial charge in [-0.25, -0.2) is 0 Å². The Bertz CT molecular complexity index is 1400. The number of aromatic hydroxyl groups is 1. The summed E-state index contributed by atoms with van der Waals surface area (Å²) in [5, 5.41) is 11.4. The van der Waals surface area contributed by atoms with Gasteiger partial charge in [-0.1, -0.05) is 30.7 Å². The first-order valence-corrected chi connectivity index (χ1v) is 13.6. The molecule has 0 radical (unpaired) electrons. The molecule has 0 amide bonds. The van der Waals surface area contributed by atoms with E-state index in [9.17, 15) is 9.90 Å².